The first-order valence-electron chi connectivity index (χ1n) is 4.72. The molecule has 0 radical (unpaired) electrons. The van der Waals surface area contributed by atoms with Crippen molar-refractivity contribution in [2.24, 2.45) is 5.73 Å². The van der Waals surface area contributed by atoms with Gasteiger partial charge in [0.05, 0.1) is 5.69 Å². The highest BCUT2D eigenvalue weighted by Crippen LogP contribution is 2.31. The fourth-order valence-corrected chi connectivity index (χ4v) is 1.32. The average molecular weight is 221 g/mol. The summed E-state index contributed by atoms with van der Waals surface area (Å²) in [6.45, 7) is 3.62. The molecule has 0 aliphatic carbocycles. The van der Waals surface area contributed by atoms with Crippen molar-refractivity contribution in [2.75, 3.05) is 6.54 Å². The molecule has 1 rings (SSSR count). The molecule has 2 N–H and O–H groups in total. The maximum absolute atomic E-state index is 12.6. The van der Waals surface area contributed by atoms with Crippen LogP contribution < -0.4 is 5.73 Å². The van der Waals surface area contributed by atoms with E-state index in [2.05, 4.69) is 5.10 Å². The molecule has 86 valence electrons. The molecule has 0 spiro atoms. The first-order chi connectivity index (χ1) is 6.86. The molecule has 0 unspecified atom stereocenters. The molecule has 1 heterocycles. The summed E-state index contributed by atoms with van der Waals surface area (Å²) in [5.74, 6) is 0. The van der Waals surface area contributed by atoms with Gasteiger partial charge >= 0.3 is 6.18 Å². The van der Waals surface area contributed by atoms with E-state index in [-0.39, 0.29) is 6.04 Å². The highest BCUT2D eigenvalue weighted by Gasteiger charge is 2.36. The van der Waals surface area contributed by atoms with E-state index in [1.54, 1.807) is 13.8 Å². The molecule has 15 heavy (non-hydrogen) atoms. The molecule has 0 fully saturated rings. The van der Waals surface area contributed by atoms with Gasteiger partial charge in [-0.25, -0.2) is 0 Å². The molecule has 0 saturated carbocycles. The lowest BCUT2D eigenvalue weighted by atomic mass is 10.3. The lowest BCUT2D eigenvalue weighted by Crippen LogP contribution is -2.16. The van der Waals surface area contributed by atoms with Gasteiger partial charge < -0.3 is 5.73 Å². The molecular formula is C9H14F3N3. The van der Waals surface area contributed by atoms with Gasteiger partial charge in [-0.2, -0.15) is 18.3 Å². The minimum atomic E-state index is -4.36. The third-order valence-corrected chi connectivity index (χ3v) is 1.97. The number of aromatic nitrogens is 2. The number of halogens is 3. The number of nitrogens with zero attached hydrogens (tertiary/aromatic N) is 2. The second-order valence-corrected chi connectivity index (χ2v) is 3.60. The van der Waals surface area contributed by atoms with Gasteiger partial charge in [-0.3, -0.25) is 4.68 Å². The van der Waals surface area contributed by atoms with Crippen molar-refractivity contribution in [3.63, 3.8) is 0 Å². The molecule has 0 bridgehead atoms. The van der Waals surface area contributed by atoms with Crippen molar-refractivity contribution < 1.29 is 13.2 Å². The molecule has 0 atom stereocenters. The van der Waals surface area contributed by atoms with Crippen LogP contribution in [0, 0.1) is 0 Å². The number of alkyl halides is 3. The highest BCUT2D eigenvalue weighted by molar-refractivity contribution is 5.14. The Hall–Kier alpha value is -1.04. The van der Waals surface area contributed by atoms with Gasteiger partial charge in [0.2, 0.25) is 0 Å². The second-order valence-electron chi connectivity index (χ2n) is 3.60. The Balaban J connectivity index is 3.12. The normalized spacial score (nSPS) is 12.5. The zero-order chi connectivity index (χ0) is 11.6. The summed E-state index contributed by atoms with van der Waals surface area (Å²) in [6.07, 6.45) is -3.99. The standard InChI is InChI=1S/C9H14F3N3/c1-6(2)15-8(9(10,11)12)5-7(14-15)3-4-13/h5-6H,3-4,13H2,1-2H3. The van der Waals surface area contributed by atoms with Crippen LogP contribution in [0.5, 0.6) is 0 Å². The largest absolute Gasteiger partial charge is 0.433 e. The zero-order valence-electron chi connectivity index (χ0n) is 8.67. The molecule has 0 aliphatic heterocycles. The predicted molar refractivity (Wildman–Crippen MR) is 50.4 cm³/mol. The summed E-state index contributed by atoms with van der Waals surface area (Å²) >= 11 is 0. The molecule has 6 heteroatoms. The second kappa shape index (κ2) is 4.22. The van der Waals surface area contributed by atoms with Crippen LogP contribution in [0.25, 0.3) is 0 Å². The summed E-state index contributed by atoms with van der Waals surface area (Å²) in [6, 6.07) is 0.750. The van der Waals surface area contributed by atoms with Crippen molar-refractivity contribution >= 4 is 0 Å². The molecule has 0 saturated heterocycles. The Kier molecular flexibility index (Phi) is 3.38. The van der Waals surface area contributed by atoms with E-state index in [9.17, 15) is 13.2 Å². The van der Waals surface area contributed by atoms with Gasteiger partial charge in [0.15, 0.2) is 0 Å². The van der Waals surface area contributed by atoms with Crippen molar-refractivity contribution in [3.8, 4) is 0 Å². The van der Waals surface area contributed by atoms with Crippen molar-refractivity contribution in [1.82, 2.24) is 9.78 Å². The SMILES string of the molecule is CC(C)n1nc(CCN)cc1C(F)(F)F. The van der Waals surface area contributed by atoms with Crippen molar-refractivity contribution in [3.05, 3.63) is 17.5 Å². The van der Waals surface area contributed by atoms with Crippen LogP contribution in [0.2, 0.25) is 0 Å². The van der Waals surface area contributed by atoms with Crippen LogP contribution in [0.15, 0.2) is 6.07 Å². The summed E-state index contributed by atoms with van der Waals surface area (Å²) in [4.78, 5) is 0. The van der Waals surface area contributed by atoms with E-state index in [1.165, 1.54) is 0 Å². The first kappa shape index (κ1) is 12.0. The average Bonchev–Trinajstić information content (AvgIpc) is 2.48. The topological polar surface area (TPSA) is 43.8 Å². The summed E-state index contributed by atoms with van der Waals surface area (Å²) in [5, 5.41) is 3.88. The van der Waals surface area contributed by atoms with Crippen LogP contribution in [0.4, 0.5) is 13.2 Å². The molecule has 0 aromatic carbocycles. The lowest BCUT2D eigenvalue weighted by Gasteiger charge is -2.12. The fourth-order valence-electron chi connectivity index (χ4n) is 1.32. The lowest BCUT2D eigenvalue weighted by molar-refractivity contribution is -0.144. The van der Waals surface area contributed by atoms with E-state index in [0.717, 1.165) is 10.7 Å². The molecule has 0 amide bonds. The van der Waals surface area contributed by atoms with Gasteiger partial charge in [0.25, 0.3) is 0 Å². The summed E-state index contributed by atoms with van der Waals surface area (Å²) in [5.41, 5.74) is 4.95. The number of hydrogen-bond acceptors (Lipinski definition) is 2. The van der Waals surface area contributed by atoms with Crippen molar-refractivity contribution in [2.45, 2.75) is 32.5 Å². The molecular weight excluding hydrogens is 207 g/mol. The molecule has 3 nitrogen and oxygen atoms in total. The Morgan fingerprint density at radius 3 is 2.40 bits per heavy atom. The Bertz CT molecular complexity index is 328. The van der Waals surface area contributed by atoms with Gasteiger partial charge in [0, 0.05) is 12.5 Å². The van der Waals surface area contributed by atoms with Crippen molar-refractivity contribution in [1.29, 1.82) is 0 Å². The monoisotopic (exact) mass is 221 g/mol. The van der Waals surface area contributed by atoms with Crippen LogP contribution in [0.1, 0.15) is 31.3 Å². The number of rotatable bonds is 3. The maximum atomic E-state index is 12.6. The van der Waals surface area contributed by atoms with E-state index < -0.39 is 11.9 Å². The maximum Gasteiger partial charge on any atom is 0.433 e. The minimum absolute atomic E-state index is 0.298. The number of nitrogens with two attached hydrogens (primary N) is 1. The predicted octanol–water partition coefficient (Wildman–Crippen LogP) is 1.98. The van der Waals surface area contributed by atoms with Gasteiger partial charge in [-0.1, -0.05) is 0 Å². The quantitative estimate of drug-likeness (QED) is 0.848. The van der Waals surface area contributed by atoms with Gasteiger partial charge in [0.1, 0.15) is 5.69 Å². The van der Waals surface area contributed by atoms with Crippen LogP contribution in [0.3, 0.4) is 0 Å². The Morgan fingerprint density at radius 2 is 2.07 bits per heavy atom. The minimum Gasteiger partial charge on any atom is -0.330 e. The smallest absolute Gasteiger partial charge is 0.330 e. The van der Waals surface area contributed by atoms with E-state index in [4.69, 9.17) is 5.73 Å². The molecule has 0 aliphatic rings. The van der Waals surface area contributed by atoms with E-state index in [0.29, 0.717) is 18.7 Å². The third kappa shape index (κ3) is 2.71. The van der Waals surface area contributed by atoms with E-state index in [1.807, 2.05) is 0 Å². The van der Waals surface area contributed by atoms with Crippen LogP contribution in [-0.2, 0) is 12.6 Å². The van der Waals surface area contributed by atoms with Crippen LogP contribution >= 0.6 is 0 Å². The van der Waals surface area contributed by atoms with E-state index >= 15 is 0 Å². The Morgan fingerprint density at radius 1 is 1.47 bits per heavy atom. The zero-order valence-corrected chi connectivity index (χ0v) is 8.67. The van der Waals surface area contributed by atoms with Gasteiger partial charge in [-0.15, -0.1) is 0 Å². The number of hydrogen-bond donors (Lipinski definition) is 1. The molecule has 1 aromatic rings. The highest BCUT2D eigenvalue weighted by atomic mass is 19.4. The molecule has 1 aromatic heterocycles. The summed E-state index contributed by atoms with van der Waals surface area (Å²) in [7, 11) is 0. The first-order valence-corrected chi connectivity index (χ1v) is 4.72. The van der Waals surface area contributed by atoms with Crippen LogP contribution in [-0.4, -0.2) is 16.3 Å². The third-order valence-electron chi connectivity index (χ3n) is 1.97. The van der Waals surface area contributed by atoms with Gasteiger partial charge in [-0.05, 0) is 26.5 Å². The summed E-state index contributed by atoms with van der Waals surface area (Å²) < 4.78 is 38.7. The Labute approximate surface area is 86.1 Å². The fraction of sp³-hybridized carbons (Fsp3) is 0.667.